The van der Waals surface area contributed by atoms with Gasteiger partial charge in [-0.2, -0.15) is 0 Å². The van der Waals surface area contributed by atoms with Crippen LogP contribution >= 0.6 is 0 Å². The molecule has 1 atom stereocenters. The van der Waals surface area contributed by atoms with E-state index in [1.54, 1.807) is 13.0 Å². The van der Waals surface area contributed by atoms with Gasteiger partial charge in [0.15, 0.2) is 0 Å². The molecule has 2 amide bonds. The van der Waals surface area contributed by atoms with E-state index in [9.17, 15) is 9.59 Å². The highest BCUT2D eigenvalue weighted by atomic mass is 16.3. The molecule has 1 aromatic heterocycles. The van der Waals surface area contributed by atoms with Crippen molar-refractivity contribution in [1.29, 1.82) is 0 Å². The summed E-state index contributed by atoms with van der Waals surface area (Å²) < 4.78 is 2.12. The minimum absolute atomic E-state index is 0.0336. The van der Waals surface area contributed by atoms with Crippen LogP contribution in [0.15, 0.2) is 30.5 Å². The Morgan fingerprint density at radius 1 is 1.26 bits per heavy atom. The van der Waals surface area contributed by atoms with Crippen LogP contribution in [0.1, 0.15) is 26.7 Å². The number of aliphatic hydroxyl groups is 1. The smallest absolute Gasteiger partial charge is 0.313 e. The number of benzene rings is 1. The standard InChI is InChI=1S/C17H23N3O3/c1-3-8-20-9-6-13-4-5-14(11-15(13)20)19-17(23)16(22)18-12(2)7-10-21/h4-6,9,11-12,21H,3,7-8,10H2,1-2H3,(H,18,22)(H,19,23)/t12-/m1/s1. The van der Waals surface area contributed by atoms with Gasteiger partial charge in [0.2, 0.25) is 0 Å². The van der Waals surface area contributed by atoms with Crippen LogP contribution in [0.2, 0.25) is 0 Å². The number of anilines is 1. The first kappa shape index (κ1) is 17.0. The number of aromatic nitrogens is 1. The fourth-order valence-electron chi connectivity index (χ4n) is 2.44. The van der Waals surface area contributed by atoms with E-state index in [1.807, 2.05) is 24.4 Å². The molecule has 0 saturated carbocycles. The molecule has 124 valence electrons. The fourth-order valence-corrected chi connectivity index (χ4v) is 2.44. The highest BCUT2D eigenvalue weighted by Crippen LogP contribution is 2.21. The van der Waals surface area contributed by atoms with Crippen molar-refractivity contribution in [3.8, 4) is 0 Å². The largest absolute Gasteiger partial charge is 0.396 e. The molecule has 0 fully saturated rings. The third-order valence-electron chi connectivity index (χ3n) is 3.64. The molecule has 6 heteroatoms. The zero-order chi connectivity index (χ0) is 16.8. The normalized spacial score (nSPS) is 12.1. The summed E-state index contributed by atoms with van der Waals surface area (Å²) in [6.45, 7) is 4.72. The molecule has 3 N–H and O–H groups in total. The minimum Gasteiger partial charge on any atom is -0.396 e. The lowest BCUT2D eigenvalue weighted by Crippen LogP contribution is -2.40. The molecule has 0 radical (unpaired) electrons. The zero-order valence-electron chi connectivity index (χ0n) is 13.5. The predicted octanol–water partition coefficient (Wildman–Crippen LogP) is 1.88. The number of hydrogen-bond donors (Lipinski definition) is 3. The van der Waals surface area contributed by atoms with E-state index in [0.717, 1.165) is 23.9 Å². The first-order chi connectivity index (χ1) is 11.0. The number of carbonyl (C=O) groups is 2. The second kappa shape index (κ2) is 7.78. The van der Waals surface area contributed by atoms with E-state index in [2.05, 4.69) is 22.1 Å². The highest BCUT2D eigenvalue weighted by molar-refractivity contribution is 6.39. The molecule has 0 saturated heterocycles. The fraction of sp³-hybridized carbons (Fsp3) is 0.412. The van der Waals surface area contributed by atoms with E-state index < -0.39 is 11.8 Å². The van der Waals surface area contributed by atoms with Crippen LogP contribution in [0.3, 0.4) is 0 Å². The maximum Gasteiger partial charge on any atom is 0.313 e. The lowest BCUT2D eigenvalue weighted by molar-refractivity contribution is -0.136. The number of nitrogens with zero attached hydrogens (tertiary/aromatic N) is 1. The van der Waals surface area contributed by atoms with E-state index in [4.69, 9.17) is 5.11 Å². The van der Waals surface area contributed by atoms with Crippen LogP contribution in [0.4, 0.5) is 5.69 Å². The SMILES string of the molecule is CCCn1ccc2ccc(NC(=O)C(=O)N[C@H](C)CCO)cc21. The average Bonchev–Trinajstić information content (AvgIpc) is 2.90. The Hall–Kier alpha value is -2.34. The Kier molecular flexibility index (Phi) is 5.76. The molecule has 0 spiro atoms. The molecule has 6 nitrogen and oxygen atoms in total. The summed E-state index contributed by atoms with van der Waals surface area (Å²) in [7, 11) is 0. The van der Waals surface area contributed by atoms with Crippen molar-refractivity contribution in [3.63, 3.8) is 0 Å². The summed E-state index contributed by atoms with van der Waals surface area (Å²) >= 11 is 0. The number of amides is 2. The summed E-state index contributed by atoms with van der Waals surface area (Å²) in [5, 5.41) is 15.1. The maximum absolute atomic E-state index is 11.9. The van der Waals surface area contributed by atoms with Crippen molar-refractivity contribution in [2.75, 3.05) is 11.9 Å². The van der Waals surface area contributed by atoms with Crippen molar-refractivity contribution in [2.45, 2.75) is 39.3 Å². The van der Waals surface area contributed by atoms with Gasteiger partial charge < -0.3 is 20.3 Å². The van der Waals surface area contributed by atoms with Gasteiger partial charge in [0.25, 0.3) is 0 Å². The molecule has 1 aromatic carbocycles. The Morgan fingerprint density at radius 3 is 2.74 bits per heavy atom. The molecule has 0 aliphatic heterocycles. The van der Waals surface area contributed by atoms with Gasteiger partial charge in [-0.15, -0.1) is 0 Å². The van der Waals surface area contributed by atoms with Gasteiger partial charge in [-0.25, -0.2) is 0 Å². The predicted molar refractivity (Wildman–Crippen MR) is 90.2 cm³/mol. The molecule has 1 heterocycles. The first-order valence-electron chi connectivity index (χ1n) is 7.86. The summed E-state index contributed by atoms with van der Waals surface area (Å²) in [6, 6.07) is 7.35. The van der Waals surface area contributed by atoms with Crippen LogP contribution in [0.5, 0.6) is 0 Å². The Balaban J connectivity index is 2.07. The van der Waals surface area contributed by atoms with E-state index >= 15 is 0 Å². The molecule has 0 aliphatic carbocycles. The van der Waals surface area contributed by atoms with Crippen LogP contribution in [-0.4, -0.2) is 34.1 Å². The van der Waals surface area contributed by atoms with Gasteiger partial charge in [-0.05, 0) is 43.4 Å². The third kappa shape index (κ3) is 4.32. The van der Waals surface area contributed by atoms with Crippen LogP contribution < -0.4 is 10.6 Å². The molecule has 2 rings (SSSR count). The molecule has 0 aliphatic rings. The number of aryl methyl sites for hydroxylation is 1. The topological polar surface area (TPSA) is 83.4 Å². The number of aliphatic hydroxyl groups excluding tert-OH is 1. The molecular formula is C17H23N3O3. The summed E-state index contributed by atoms with van der Waals surface area (Å²) in [5.74, 6) is -1.40. The van der Waals surface area contributed by atoms with Crippen molar-refractivity contribution in [3.05, 3.63) is 30.5 Å². The number of carbonyl (C=O) groups excluding carboxylic acids is 2. The van der Waals surface area contributed by atoms with Crippen molar-refractivity contribution in [1.82, 2.24) is 9.88 Å². The second-order valence-corrected chi connectivity index (χ2v) is 5.62. The monoisotopic (exact) mass is 317 g/mol. The van der Waals surface area contributed by atoms with Gasteiger partial charge >= 0.3 is 11.8 Å². The molecule has 23 heavy (non-hydrogen) atoms. The number of rotatable bonds is 6. The quantitative estimate of drug-likeness (QED) is 0.711. The minimum atomic E-state index is -0.706. The Labute approximate surface area is 135 Å². The molecule has 0 bridgehead atoms. The van der Waals surface area contributed by atoms with E-state index in [1.165, 1.54) is 0 Å². The van der Waals surface area contributed by atoms with Crippen LogP contribution in [0.25, 0.3) is 10.9 Å². The lowest BCUT2D eigenvalue weighted by atomic mass is 10.2. The summed E-state index contributed by atoms with van der Waals surface area (Å²) in [5.41, 5.74) is 1.61. The van der Waals surface area contributed by atoms with Crippen molar-refractivity contribution < 1.29 is 14.7 Å². The average molecular weight is 317 g/mol. The van der Waals surface area contributed by atoms with E-state index in [0.29, 0.717) is 12.1 Å². The number of hydrogen-bond acceptors (Lipinski definition) is 3. The van der Waals surface area contributed by atoms with Gasteiger partial charge in [-0.1, -0.05) is 13.0 Å². The molecule has 2 aromatic rings. The molecular weight excluding hydrogens is 294 g/mol. The lowest BCUT2D eigenvalue weighted by Gasteiger charge is -2.12. The Morgan fingerprint density at radius 2 is 2.04 bits per heavy atom. The first-order valence-corrected chi connectivity index (χ1v) is 7.86. The Bertz CT molecular complexity index is 693. The van der Waals surface area contributed by atoms with Gasteiger partial charge in [0, 0.05) is 31.1 Å². The van der Waals surface area contributed by atoms with Crippen LogP contribution in [-0.2, 0) is 16.1 Å². The van der Waals surface area contributed by atoms with Gasteiger partial charge in [-0.3, -0.25) is 9.59 Å². The van der Waals surface area contributed by atoms with Crippen LogP contribution in [0, 0.1) is 0 Å². The van der Waals surface area contributed by atoms with Gasteiger partial charge in [0.05, 0.1) is 5.52 Å². The highest BCUT2D eigenvalue weighted by Gasteiger charge is 2.16. The van der Waals surface area contributed by atoms with Gasteiger partial charge in [0.1, 0.15) is 0 Å². The van der Waals surface area contributed by atoms with E-state index in [-0.39, 0.29) is 12.6 Å². The third-order valence-corrected chi connectivity index (χ3v) is 3.64. The van der Waals surface area contributed by atoms with Crippen molar-refractivity contribution >= 4 is 28.4 Å². The van der Waals surface area contributed by atoms with Crippen molar-refractivity contribution in [2.24, 2.45) is 0 Å². The second-order valence-electron chi connectivity index (χ2n) is 5.62. The number of nitrogens with one attached hydrogen (secondary N) is 2. The maximum atomic E-state index is 11.9. The summed E-state index contributed by atoms with van der Waals surface area (Å²) in [6.07, 6.45) is 3.45. The number of fused-ring (bicyclic) bond motifs is 1. The zero-order valence-corrected chi connectivity index (χ0v) is 13.5. The molecule has 0 unspecified atom stereocenters. The summed E-state index contributed by atoms with van der Waals surface area (Å²) in [4.78, 5) is 23.8.